The Kier molecular flexibility index (Phi) is 7.57. The Labute approximate surface area is 225 Å². The lowest BCUT2D eigenvalue weighted by Crippen LogP contribution is -2.38. The first-order chi connectivity index (χ1) is 17.8. The van der Waals surface area contributed by atoms with Gasteiger partial charge in [0.2, 0.25) is 10.0 Å². The number of sulfonamides is 1. The van der Waals surface area contributed by atoms with E-state index in [-0.39, 0.29) is 23.4 Å². The van der Waals surface area contributed by atoms with Crippen LogP contribution in [-0.2, 0) is 16.6 Å². The van der Waals surface area contributed by atoms with Gasteiger partial charge < -0.3 is 0 Å². The lowest BCUT2D eigenvalue weighted by atomic mass is 9.96. The van der Waals surface area contributed by atoms with E-state index in [1.807, 2.05) is 30.3 Å². The molecule has 0 radical (unpaired) electrons. The van der Waals surface area contributed by atoms with Crippen LogP contribution in [0.25, 0.3) is 10.2 Å². The molecule has 1 aliphatic rings. The molecule has 1 fully saturated rings. The molecule has 0 saturated heterocycles. The molecule has 0 aliphatic heterocycles. The van der Waals surface area contributed by atoms with Gasteiger partial charge in [0.1, 0.15) is 0 Å². The van der Waals surface area contributed by atoms with Gasteiger partial charge >= 0.3 is 0 Å². The van der Waals surface area contributed by atoms with Crippen LogP contribution >= 0.6 is 22.9 Å². The van der Waals surface area contributed by atoms with Crippen LogP contribution in [-0.4, -0.2) is 41.7 Å². The molecule has 0 N–H and O–H groups in total. The molecular formula is C27H27ClN4O3S2. The zero-order valence-corrected chi connectivity index (χ0v) is 22.8. The summed E-state index contributed by atoms with van der Waals surface area (Å²) < 4.78 is 28.8. The van der Waals surface area contributed by atoms with E-state index in [2.05, 4.69) is 9.97 Å². The summed E-state index contributed by atoms with van der Waals surface area (Å²) in [7, 11) is -2.00. The smallest absolute Gasteiger partial charge is 0.260 e. The number of fused-ring (bicyclic) bond motifs is 1. The van der Waals surface area contributed by atoms with Crippen molar-refractivity contribution in [1.82, 2.24) is 14.3 Å². The van der Waals surface area contributed by atoms with Gasteiger partial charge in [0.25, 0.3) is 5.91 Å². The Balaban J connectivity index is 1.44. The highest BCUT2D eigenvalue weighted by Crippen LogP contribution is 2.33. The summed E-state index contributed by atoms with van der Waals surface area (Å²) in [5.74, 6) is -0.291. The van der Waals surface area contributed by atoms with Crippen LogP contribution in [0.3, 0.4) is 0 Å². The molecule has 0 spiro atoms. The third-order valence-electron chi connectivity index (χ3n) is 6.73. The first-order valence-electron chi connectivity index (χ1n) is 12.2. The summed E-state index contributed by atoms with van der Waals surface area (Å²) in [6.07, 6.45) is 6.67. The predicted octanol–water partition coefficient (Wildman–Crippen LogP) is 6.14. The van der Waals surface area contributed by atoms with Gasteiger partial charge in [-0.1, -0.05) is 48.3 Å². The number of thiazole rings is 1. The molecule has 37 heavy (non-hydrogen) atoms. The van der Waals surface area contributed by atoms with Gasteiger partial charge in [-0.25, -0.2) is 13.4 Å². The largest absolute Gasteiger partial charge is 0.278 e. The molecule has 0 bridgehead atoms. The van der Waals surface area contributed by atoms with E-state index < -0.39 is 10.0 Å². The maximum atomic E-state index is 13.7. The van der Waals surface area contributed by atoms with Gasteiger partial charge in [0, 0.05) is 29.9 Å². The number of carbonyl (C=O) groups excluding carboxylic acids is 1. The van der Waals surface area contributed by atoms with Crippen molar-refractivity contribution in [2.75, 3.05) is 11.9 Å². The first kappa shape index (κ1) is 25.8. The van der Waals surface area contributed by atoms with Crippen LogP contribution in [0.4, 0.5) is 5.13 Å². The minimum atomic E-state index is -3.65. The molecule has 7 nitrogen and oxygen atoms in total. The lowest BCUT2D eigenvalue weighted by Gasteiger charge is -2.30. The molecule has 1 aliphatic carbocycles. The van der Waals surface area contributed by atoms with Crippen LogP contribution in [0.15, 0.2) is 71.8 Å². The van der Waals surface area contributed by atoms with Crippen molar-refractivity contribution in [3.8, 4) is 0 Å². The highest BCUT2D eigenvalue weighted by atomic mass is 35.5. The van der Waals surface area contributed by atoms with Crippen LogP contribution in [0.1, 0.15) is 48.2 Å². The summed E-state index contributed by atoms with van der Waals surface area (Å²) >= 11 is 7.52. The van der Waals surface area contributed by atoms with E-state index in [1.165, 1.54) is 27.8 Å². The normalized spacial score (nSPS) is 14.8. The standard InChI is InChI=1S/C27H27ClN4O3S2/c1-31(22-8-3-2-4-9-22)37(34,35)23-13-10-19(11-14-23)26(33)32(18-21-7-5-6-16-29-21)27-30-24-15-12-20(28)17-25(24)36-27/h5-7,10-17,22H,2-4,8-9,18H2,1H3. The average molecular weight is 555 g/mol. The van der Waals surface area contributed by atoms with Crippen LogP contribution in [0, 0.1) is 0 Å². The molecule has 1 amide bonds. The van der Waals surface area contributed by atoms with Gasteiger partial charge in [-0.15, -0.1) is 0 Å². The number of hydrogen-bond acceptors (Lipinski definition) is 6. The van der Waals surface area contributed by atoms with Gasteiger partial charge in [0.05, 0.1) is 27.4 Å². The number of amides is 1. The minimum Gasteiger partial charge on any atom is -0.278 e. The summed E-state index contributed by atoms with van der Waals surface area (Å²) in [5, 5.41) is 1.11. The number of nitrogens with zero attached hydrogens (tertiary/aromatic N) is 4. The number of carbonyl (C=O) groups is 1. The Hall–Kier alpha value is -2.85. The van der Waals surface area contributed by atoms with Crippen molar-refractivity contribution >= 4 is 54.2 Å². The molecule has 1 saturated carbocycles. The lowest BCUT2D eigenvalue weighted by molar-refractivity contribution is 0.0984. The Morgan fingerprint density at radius 1 is 1.05 bits per heavy atom. The molecule has 2 heterocycles. The zero-order chi connectivity index (χ0) is 26.0. The minimum absolute atomic E-state index is 0.0152. The quantitative estimate of drug-likeness (QED) is 0.274. The molecule has 0 unspecified atom stereocenters. The van der Waals surface area contributed by atoms with E-state index in [1.54, 1.807) is 36.3 Å². The topological polar surface area (TPSA) is 83.5 Å². The Morgan fingerprint density at radius 3 is 2.51 bits per heavy atom. The van der Waals surface area contributed by atoms with Crippen LogP contribution in [0.2, 0.25) is 5.02 Å². The molecule has 2 aromatic heterocycles. The van der Waals surface area contributed by atoms with E-state index in [4.69, 9.17) is 11.6 Å². The molecule has 4 aromatic rings. The number of benzene rings is 2. The fourth-order valence-corrected chi connectivity index (χ4v) is 7.27. The van der Waals surface area contributed by atoms with Crippen molar-refractivity contribution in [3.05, 3.63) is 83.1 Å². The SMILES string of the molecule is CN(C1CCCCC1)S(=O)(=O)c1ccc(C(=O)N(Cc2ccccn2)c2nc3ccc(Cl)cc3s2)cc1. The fourth-order valence-electron chi connectivity index (χ4n) is 4.61. The molecule has 10 heteroatoms. The Morgan fingerprint density at radius 2 is 1.81 bits per heavy atom. The highest BCUT2D eigenvalue weighted by molar-refractivity contribution is 7.89. The van der Waals surface area contributed by atoms with Gasteiger partial charge in [-0.3, -0.25) is 14.7 Å². The summed E-state index contributed by atoms with van der Waals surface area (Å²) in [4.78, 5) is 24.5. The van der Waals surface area contributed by atoms with Crippen molar-refractivity contribution < 1.29 is 13.2 Å². The molecule has 192 valence electrons. The number of rotatable bonds is 7. The second-order valence-electron chi connectivity index (χ2n) is 9.16. The molecule has 5 rings (SSSR count). The second-order valence-corrected chi connectivity index (χ2v) is 12.6. The predicted molar refractivity (Wildman–Crippen MR) is 148 cm³/mol. The number of pyridine rings is 1. The maximum absolute atomic E-state index is 13.7. The third-order valence-corrected chi connectivity index (χ3v) is 9.93. The first-order valence-corrected chi connectivity index (χ1v) is 14.8. The van der Waals surface area contributed by atoms with Crippen molar-refractivity contribution in [2.45, 2.75) is 49.6 Å². The summed E-state index contributed by atoms with van der Waals surface area (Å²) in [6, 6.07) is 17.1. The van der Waals surface area contributed by atoms with Crippen molar-refractivity contribution in [3.63, 3.8) is 0 Å². The van der Waals surface area contributed by atoms with Crippen LogP contribution < -0.4 is 4.90 Å². The number of anilines is 1. The van der Waals surface area contributed by atoms with Crippen molar-refractivity contribution in [1.29, 1.82) is 0 Å². The van der Waals surface area contributed by atoms with E-state index in [0.717, 1.165) is 42.3 Å². The van der Waals surface area contributed by atoms with E-state index in [9.17, 15) is 13.2 Å². The molecule has 0 atom stereocenters. The van der Waals surface area contributed by atoms with Gasteiger partial charge in [-0.2, -0.15) is 4.31 Å². The van der Waals surface area contributed by atoms with E-state index in [0.29, 0.717) is 21.4 Å². The van der Waals surface area contributed by atoms with Crippen LogP contribution in [0.5, 0.6) is 0 Å². The number of halogens is 1. The van der Waals surface area contributed by atoms with Gasteiger partial charge in [-0.05, 0) is 67.4 Å². The van der Waals surface area contributed by atoms with E-state index >= 15 is 0 Å². The monoisotopic (exact) mass is 554 g/mol. The molecule has 2 aromatic carbocycles. The number of aromatic nitrogens is 2. The average Bonchev–Trinajstić information content (AvgIpc) is 3.35. The maximum Gasteiger partial charge on any atom is 0.260 e. The third kappa shape index (κ3) is 5.55. The zero-order valence-electron chi connectivity index (χ0n) is 20.4. The van der Waals surface area contributed by atoms with Crippen molar-refractivity contribution in [2.24, 2.45) is 0 Å². The second kappa shape index (κ2) is 10.9. The van der Waals surface area contributed by atoms with Gasteiger partial charge in [0.15, 0.2) is 5.13 Å². The fraction of sp³-hybridized carbons (Fsp3) is 0.296. The number of hydrogen-bond donors (Lipinski definition) is 0. The Bertz CT molecular complexity index is 1500. The summed E-state index contributed by atoms with van der Waals surface area (Å²) in [6.45, 7) is 0.220. The summed E-state index contributed by atoms with van der Waals surface area (Å²) in [5.41, 5.74) is 1.82. The molecular weight excluding hydrogens is 528 g/mol. The highest BCUT2D eigenvalue weighted by Gasteiger charge is 2.29.